The Morgan fingerprint density at radius 3 is 2.54 bits per heavy atom. The van der Waals surface area contributed by atoms with Gasteiger partial charge in [0.05, 0.1) is 5.56 Å². The summed E-state index contributed by atoms with van der Waals surface area (Å²) < 4.78 is 0. The summed E-state index contributed by atoms with van der Waals surface area (Å²) in [5.74, 6) is 0.493. The van der Waals surface area contributed by atoms with Crippen molar-refractivity contribution >= 4 is 23.3 Å². The SMILES string of the molecule is CCN(CC)C(=O)c1cccc(NC(=O)c2cccnc2N2CCCCC2)c1. The second-order valence-corrected chi connectivity index (χ2v) is 6.93. The highest BCUT2D eigenvalue weighted by molar-refractivity contribution is 6.08. The molecule has 2 heterocycles. The average molecular weight is 380 g/mol. The van der Waals surface area contributed by atoms with Gasteiger partial charge in [0.1, 0.15) is 5.82 Å². The number of aromatic nitrogens is 1. The first-order valence-corrected chi connectivity index (χ1v) is 10.0. The third kappa shape index (κ3) is 4.50. The van der Waals surface area contributed by atoms with Crippen LogP contribution < -0.4 is 10.2 Å². The van der Waals surface area contributed by atoms with Gasteiger partial charge in [-0.05, 0) is 63.4 Å². The van der Waals surface area contributed by atoms with Crippen molar-refractivity contribution in [2.45, 2.75) is 33.1 Å². The molecule has 0 atom stereocenters. The standard InChI is InChI=1S/C22H28N4O2/c1-3-25(4-2)22(28)17-10-8-11-18(16-17)24-21(27)19-12-9-13-23-20(19)26-14-6-5-7-15-26/h8-13,16H,3-7,14-15H2,1-2H3,(H,24,27). The van der Waals surface area contributed by atoms with Gasteiger partial charge in [-0.1, -0.05) is 6.07 Å². The van der Waals surface area contributed by atoms with Gasteiger partial charge in [-0.3, -0.25) is 9.59 Å². The van der Waals surface area contributed by atoms with Gasteiger partial charge in [-0.2, -0.15) is 0 Å². The van der Waals surface area contributed by atoms with E-state index in [1.54, 1.807) is 47.5 Å². The van der Waals surface area contributed by atoms with Crippen molar-refractivity contribution in [3.05, 3.63) is 53.7 Å². The summed E-state index contributed by atoms with van der Waals surface area (Å²) in [6, 6.07) is 10.7. The predicted octanol–water partition coefficient (Wildman–Crippen LogP) is 3.81. The van der Waals surface area contributed by atoms with Crippen molar-refractivity contribution < 1.29 is 9.59 Å². The van der Waals surface area contributed by atoms with E-state index in [-0.39, 0.29) is 11.8 Å². The Hall–Kier alpha value is -2.89. The Morgan fingerprint density at radius 1 is 1.07 bits per heavy atom. The Bertz CT molecular complexity index is 827. The number of hydrogen-bond acceptors (Lipinski definition) is 4. The van der Waals surface area contributed by atoms with E-state index >= 15 is 0 Å². The van der Waals surface area contributed by atoms with Crippen LogP contribution in [0.4, 0.5) is 11.5 Å². The van der Waals surface area contributed by atoms with Gasteiger partial charge in [-0.25, -0.2) is 4.98 Å². The molecular weight excluding hydrogens is 352 g/mol. The van der Waals surface area contributed by atoms with Crippen LogP contribution in [-0.4, -0.2) is 47.9 Å². The summed E-state index contributed by atoms with van der Waals surface area (Å²) >= 11 is 0. The van der Waals surface area contributed by atoms with Crippen molar-refractivity contribution in [2.24, 2.45) is 0 Å². The quantitative estimate of drug-likeness (QED) is 0.828. The number of nitrogens with zero attached hydrogens (tertiary/aromatic N) is 3. The minimum absolute atomic E-state index is 0.0310. The molecule has 1 fully saturated rings. The van der Waals surface area contributed by atoms with Gasteiger partial charge in [0.15, 0.2) is 0 Å². The lowest BCUT2D eigenvalue weighted by Gasteiger charge is -2.29. The predicted molar refractivity (Wildman–Crippen MR) is 112 cm³/mol. The molecule has 1 aliphatic rings. The van der Waals surface area contributed by atoms with Crippen molar-refractivity contribution in [3.8, 4) is 0 Å². The molecule has 1 aromatic carbocycles. The number of benzene rings is 1. The summed E-state index contributed by atoms with van der Waals surface area (Å²) in [6.07, 6.45) is 5.18. The van der Waals surface area contributed by atoms with Crippen LogP contribution in [0.5, 0.6) is 0 Å². The van der Waals surface area contributed by atoms with E-state index in [1.165, 1.54) is 6.42 Å². The molecule has 0 saturated carbocycles. The molecule has 0 aliphatic carbocycles. The van der Waals surface area contributed by atoms with Crippen molar-refractivity contribution in [3.63, 3.8) is 0 Å². The molecule has 3 rings (SSSR count). The van der Waals surface area contributed by atoms with Gasteiger partial charge < -0.3 is 15.1 Å². The lowest BCUT2D eigenvalue weighted by atomic mass is 10.1. The average Bonchev–Trinajstić information content (AvgIpc) is 2.75. The fraction of sp³-hybridized carbons (Fsp3) is 0.409. The van der Waals surface area contributed by atoms with E-state index in [2.05, 4.69) is 15.2 Å². The van der Waals surface area contributed by atoms with Gasteiger partial charge in [0, 0.05) is 43.6 Å². The molecule has 2 amide bonds. The zero-order chi connectivity index (χ0) is 19.9. The topological polar surface area (TPSA) is 65.5 Å². The van der Waals surface area contributed by atoms with E-state index in [0.717, 1.165) is 31.7 Å². The van der Waals surface area contributed by atoms with E-state index in [4.69, 9.17) is 0 Å². The number of amides is 2. The van der Waals surface area contributed by atoms with E-state index in [1.807, 2.05) is 13.8 Å². The highest BCUT2D eigenvalue weighted by atomic mass is 16.2. The minimum atomic E-state index is -0.207. The molecule has 0 radical (unpaired) electrons. The zero-order valence-corrected chi connectivity index (χ0v) is 16.6. The highest BCUT2D eigenvalue weighted by Crippen LogP contribution is 2.23. The van der Waals surface area contributed by atoms with E-state index < -0.39 is 0 Å². The second-order valence-electron chi connectivity index (χ2n) is 6.93. The molecule has 0 bridgehead atoms. The maximum atomic E-state index is 12.9. The summed E-state index contributed by atoms with van der Waals surface area (Å²) in [4.78, 5) is 33.9. The Kier molecular flexibility index (Phi) is 6.63. The first-order valence-electron chi connectivity index (χ1n) is 10.0. The third-order valence-electron chi connectivity index (χ3n) is 5.10. The fourth-order valence-corrected chi connectivity index (χ4v) is 3.55. The molecule has 0 unspecified atom stereocenters. The second kappa shape index (κ2) is 9.35. The summed E-state index contributed by atoms with van der Waals surface area (Å²) in [5, 5.41) is 2.93. The number of piperidine rings is 1. The van der Waals surface area contributed by atoms with Gasteiger partial charge in [0.2, 0.25) is 0 Å². The summed E-state index contributed by atoms with van der Waals surface area (Å²) in [5.41, 5.74) is 1.74. The maximum Gasteiger partial charge on any atom is 0.259 e. The number of hydrogen-bond donors (Lipinski definition) is 1. The molecule has 6 heteroatoms. The van der Waals surface area contributed by atoms with Gasteiger partial charge in [-0.15, -0.1) is 0 Å². The van der Waals surface area contributed by atoms with Crippen LogP contribution in [0, 0.1) is 0 Å². The molecule has 1 saturated heterocycles. The maximum absolute atomic E-state index is 12.9. The van der Waals surface area contributed by atoms with Crippen LogP contribution in [0.3, 0.4) is 0 Å². The minimum Gasteiger partial charge on any atom is -0.356 e. The normalized spacial score (nSPS) is 13.9. The van der Waals surface area contributed by atoms with Crippen molar-refractivity contribution in [2.75, 3.05) is 36.4 Å². The van der Waals surface area contributed by atoms with Gasteiger partial charge in [0.25, 0.3) is 11.8 Å². The van der Waals surface area contributed by atoms with Crippen LogP contribution in [0.25, 0.3) is 0 Å². The zero-order valence-electron chi connectivity index (χ0n) is 16.6. The third-order valence-corrected chi connectivity index (χ3v) is 5.10. The highest BCUT2D eigenvalue weighted by Gasteiger charge is 2.20. The molecular formula is C22H28N4O2. The van der Waals surface area contributed by atoms with Crippen molar-refractivity contribution in [1.29, 1.82) is 0 Å². The smallest absolute Gasteiger partial charge is 0.259 e. The molecule has 1 aromatic heterocycles. The summed E-state index contributed by atoms with van der Waals surface area (Å²) in [7, 11) is 0. The number of pyridine rings is 1. The molecule has 28 heavy (non-hydrogen) atoms. The number of carbonyl (C=O) groups excluding carboxylic acids is 2. The Balaban J connectivity index is 1.79. The summed E-state index contributed by atoms with van der Waals surface area (Å²) in [6.45, 7) is 7.06. The van der Waals surface area contributed by atoms with Crippen LogP contribution >= 0.6 is 0 Å². The Labute approximate surface area is 166 Å². The number of carbonyl (C=O) groups is 2. The van der Waals surface area contributed by atoms with Crippen LogP contribution in [-0.2, 0) is 0 Å². The molecule has 1 N–H and O–H groups in total. The van der Waals surface area contributed by atoms with E-state index in [0.29, 0.717) is 29.9 Å². The fourth-order valence-electron chi connectivity index (χ4n) is 3.55. The van der Waals surface area contributed by atoms with E-state index in [9.17, 15) is 9.59 Å². The van der Waals surface area contributed by atoms with Crippen LogP contribution in [0.1, 0.15) is 53.8 Å². The largest absolute Gasteiger partial charge is 0.356 e. The first-order chi connectivity index (χ1) is 13.6. The van der Waals surface area contributed by atoms with Crippen LogP contribution in [0.15, 0.2) is 42.6 Å². The Morgan fingerprint density at radius 2 is 1.82 bits per heavy atom. The first kappa shape index (κ1) is 19.9. The van der Waals surface area contributed by atoms with Crippen molar-refractivity contribution in [1.82, 2.24) is 9.88 Å². The molecule has 148 valence electrons. The molecule has 6 nitrogen and oxygen atoms in total. The molecule has 2 aromatic rings. The van der Waals surface area contributed by atoms with Crippen LogP contribution in [0.2, 0.25) is 0 Å². The molecule has 0 spiro atoms. The van der Waals surface area contributed by atoms with Gasteiger partial charge >= 0.3 is 0 Å². The lowest BCUT2D eigenvalue weighted by Crippen LogP contribution is -2.32. The monoisotopic (exact) mass is 380 g/mol. The number of nitrogens with one attached hydrogen (secondary N) is 1. The molecule has 1 aliphatic heterocycles. The number of rotatable bonds is 6. The lowest BCUT2D eigenvalue weighted by molar-refractivity contribution is 0.0772. The number of anilines is 2.